The molecule has 1 N–H and O–H groups in total. The molecule has 1 aliphatic heterocycles. The van der Waals surface area contributed by atoms with Crippen LogP contribution in [0.4, 0.5) is 4.39 Å². The van der Waals surface area contributed by atoms with Crippen LogP contribution in [-0.2, 0) is 11.2 Å². The van der Waals surface area contributed by atoms with E-state index in [1.165, 1.54) is 6.07 Å². The Balaban J connectivity index is 1.80. The van der Waals surface area contributed by atoms with Crippen LogP contribution in [0.2, 0.25) is 0 Å². The smallest absolute Gasteiger partial charge is 0.222 e. The first-order valence-electron chi connectivity index (χ1n) is 7.33. The van der Waals surface area contributed by atoms with Gasteiger partial charge in [-0.15, -0.1) is 0 Å². The zero-order chi connectivity index (χ0) is 14.5. The summed E-state index contributed by atoms with van der Waals surface area (Å²) in [7, 11) is 0. The molecule has 3 nitrogen and oxygen atoms in total. The molecule has 1 fully saturated rings. The molecule has 2 atom stereocenters. The number of rotatable bonds is 6. The van der Waals surface area contributed by atoms with Crippen molar-refractivity contribution in [3.8, 4) is 0 Å². The Labute approximate surface area is 120 Å². The van der Waals surface area contributed by atoms with Gasteiger partial charge in [0.25, 0.3) is 0 Å². The summed E-state index contributed by atoms with van der Waals surface area (Å²) in [5.74, 6) is 0.101. The molecule has 0 aromatic heterocycles. The Bertz CT molecular complexity index is 464. The Kier molecular flexibility index (Phi) is 5.12. The fraction of sp³-hybridized carbons (Fsp3) is 0.562. The average Bonchev–Trinajstić information content (AvgIpc) is 2.77. The standard InChI is InChI=1S/C16H23FN2O/c1-12(10-14-6-3-4-7-15(14)17)18-13(2)11-19-9-5-8-16(19)20/h3-4,6-7,12-13,18H,5,8-11H2,1-2H3. The number of nitrogens with zero attached hydrogens (tertiary/aromatic N) is 1. The lowest BCUT2D eigenvalue weighted by molar-refractivity contribution is -0.127. The largest absolute Gasteiger partial charge is 0.341 e. The summed E-state index contributed by atoms with van der Waals surface area (Å²) in [4.78, 5) is 13.5. The third-order valence-corrected chi connectivity index (χ3v) is 3.72. The maximum Gasteiger partial charge on any atom is 0.222 e. The van der Waals surface area contributed by atoms with Gasteiger partial charge in [-0.1, -0.05) is 18.2 Å². The summed E-state index contributed by atoms with van der Waals surface area (Å²) in [5, 5.41) is 3.44. The second kappa shape index (κ2) is 6.84. The first kappa shape index (κ1) is 15.0. The molecule has 0 bridgehead atoms. The monoisotopic (exact) mass is 278 g/mol. The number of hydrogen-bond donors (Lipinski definition) is 1. The van der Waals surface area contributed by atoms with Crippen molar-refractivity contribution in [1.82, 2.24) is 10.2 Å². The van der Waals surface area contributed by atoms with E-state index in [-0.39, 0.29) is 23.8 Å². The van der Waals surface area contributed by atoms with E-state index in [0.29, 0.717) is 12.8 Å². The molecule has 20 heavy (non-hydrogen) atoms. The van der Waals surface area contributed by atoms with Crippen molar-refractivity contribution in [2.45, 2.75) is 45.2 Å². The summed E-state index contributed by atoms with van der Waals surface area (Å²) in [5.41, 5.74) is 0.733. The molecule has 0 saturated carbocycles. The van der Waals surface area contributed by atoms with Gasteiger partial charge in [0.15, 0.2) is 0 Å². The Morgan fingerprint density at radius 1 is 1.30 bits per heavy atom. The predicted molar refractivity (Wildman–Crippen MR) is 78.0 cm³/mol. The number of carbonyl (C=O) groups excluding carboxylic acids is 1. The van der Waals surface area contributed by atoms with Gasteiger partial charge >= 0.3 is 0 Å². The molecule has 2 rings (SSSR count). The van der Waals surface area contributed by atoms with Crippen molar-refractivity contribution >= 4 is 5.91 Å². The molecular formula is C16H23FN2O. The third-order valence-electron chi connectivity index (χ3n) is 3.72. The summed E-state index contributed by atoms with van der Waals surface area (Å²) in [6, 6.07) is 7.28. The van der Waals surface area contributed by atoms with E-state index in [1.807, 2.05) is 17.0 Å². The highest BCUT2D eigenvalue weighted by molar-refractivity contribution is 5.78. The SMILES string of the molecule is CC(Cc1ccccc1F)NC(C)CN1CCCC1=O. The number of likely N-dealkylation sites (tertiary alicyclic amines) is 1. The number of carbonyl (C=O) groups is 1. The van der Waals surface area contributed by atoms with Crippen molar-refractivity contribution in [3.05, 3.63) is 35.6 Å². The van der Waals surface area contributed by atoms with Gasteiger partial charge in [-0.3, -0.25) is 4.79 Å². The molecule has 1 aliphatic rings. The molecule has 1 saturated heterocycles. The first-order valence-corrected chi connectivity index (χ1v) is 7.33. The average molecular weight is 278 g/mol. The second-order valence-electron chi connectivity index (χ2n) is 5.71. The van der Waals surface area contributed by atoms with E-state index < -0.39 is 0 Å². The van der Waals surface area contributed by atoms with Crippen LogP contribution in [0.15, 0.2) is 24.3 Å². The molecule has 110 valence electrons. The molecule has 2 unspecified atom stereocenters. The fourth-order valence-corrected chi connectivity index (χ4v) is 2.82. The van der Waals surface area contributed by atoms with Gasteiger partial charge in [-0.25, -0.2) is 4.39 Å². The minimum atomic E-state index is -0.150. The van der Waals surface area contributed by atoms with Gasteiger partial charge in [0.05, 0.1) is 0 Å². The van der Waals surface area contributed by atoms with E-state index in [1.54, 1.807) is 6.07 Å². The minimum Gasteiger partial charge on any atom is -0.341 e. The first-order chi connectivity index (χ1) is 9.56. The van der Waals surface area contributed by atoms with E-state index in [0.717, 1.165) is 25.1 Å². The number of nitrogens with one attached hydrogen (secondary N) is 1. The summed E-state index contributed by atoms with van der Waals surface area (Å²) in [6.07, 6.45) is 2.30. The highest BCUT2D eigenvalue weighted by Gasteiger charge is 2.22. The molecule has 1 aromatic carbocycles. The summed E-state index contributed by atoms with van der Waals surface area (Å²) >= 11 is 0. The van der Waals surface area contributed by atoms with Crippen molar-refractivity contribution in [1.29, 1.82) is 0 Å². The van der Waals surface area contributed by atoms with Crippen LogP contribution in [0.25, 0.3) is 0 Å². The Hall–Kier alpha value is -1.42. The third kappa shape index (κ3) is 4.04. The lowest BCUT2D eigenvalue weighted by atomic mass is 10.1. The molecule has 1 aromatic rings. The van der Waals surface area contributed by atoms with Gasteiger partial charge in [0.2, 0.25) is 5.91 Å². The molecule has 0 radical (unpaired) electrons. The number of benzene rings is 1. The maximum absolute atomic E-state index is 13.6. The van der Waals surface area contributed by atoms with Crippen molar-refractivity contribution in [2.75, 3.05) is 13.1 Å². The molecule has 1 amide bonds. The van der Waals surface area contributed by atoms with Crippen LogP contribution in [0.1, 0.15) is 32.3 Å². The van der Waals surface area contributed by atoms with Crippen LogP contribution in [0, 0.1) is 5.82 Å². The minimum absolute atomic E-state index is 0.150. The van der Waals surface area contributed by atoms with Crippen LogP contribution < -0.4 is 5.32 Å². The van der Waals surface area contributed by atoms with E-state index in [9.17, 15) is 9.18 Å². The van der Waals surface area contributed by atoms with Crippen LogP contribution >= 0.6 is 0 Å². The summed E-state index contributed by atoms with van der Waals surface area (Å²) < 4.78 is 13.6. The van der Waals surface area contributed by atoms with E-state index in [4.69, 9.17) is 0 Å². The van der Waals surface area contributed by atoms with Crippen molar-refractivity contribution in [2.24, 2.45) is 0 Å². The lowest BCUT2D eigenvalue weighted by Crippen LogP contribution is -2.44. The second-order valence-corrected chi connectivity index (χ2v) is 5.71. The Morgan fingerprint density at radius 2 is 2.05 bits per heavy atom. The maximum atomic E-state index is 13.6. The van der Waals surface area contributed by atoms with Gasteiger partial charge in [0, 0.05) is 31.6 Å². The van der Waals surface area contributed by atoms with Crippen LogP contribution in [0.5, 0.6) is 0 Å². The molecule has 1 heterocycles. The van der Waals surface area contributed by atoms with Gasteiger partial charge in [0.1, 0.15) is 5.82 Å². The highest BCUT2D eigenvalue weighted by atomic mass is 19.1. The van der Waals surface area contributed by atoms with Crippen molar-refractivity contribution < 1.29 is 9.18 Å². The summed E-state index contributed by atoms with van der Waals surface area (Å²) in [6.45, 7) is 5.73. The normalized spacial score (nSPS) is 18.4. The number of hydrogen-bond acceptors (Lipinski definition) is 2. The zero-order valence-electron chi connectivity index (χ0n) is 12.2. The van der Waals surface area contributed by atoms with Crippen molar-refractivity contribution in [3.63, 3.8) is 0 Å². The van der Waals surface area contributed by atoms with E-state index in [2.05, 4.69) is 19.2 Å². The molecule has 4 heteroatoms. The van der Waals surface area contributed by atoms with Gasteiger partial charge < -0.3 is 10.2 Å². The quantitative estimate of drug-likeness (QED) is 0.866. The lowest BCUT2D eigenvalue weighted by Gasteiger charge is -2.25. The fourth-order valence-electron chi connectivity index (χ4n) is 2.82. The topological polar surface area (TPSA) is 32.3 Å². The number of halogens is 1. The zero-order valence-corrected chi connectivity index (χ0v) is 12.2. The molecular weight excluding hydrogens is 255 g/mol. The molecule has 0 spiro atoms. The predicted octanol–water partition coefficient (Wildman–Crippen LogP) is 2.36. The molecule has 0 aliphatic carbocycles. The number of amides is 1. The Morgan fingerprint density at radius 3 is 2.70 bits per heavy atom. The van der Waals surface area contributed by atoms with Gasteiger partial charge in [-0.05, 0) is 38.3 Å². The van der Waals surface area contributed by atoms with Crippen LogP contribution in [-0.4, -0.2) is 36.0 Å². The highest BCUT2D eigenvalue weighted by Crippen LogP contribution is 2.11. The van der Waals surface area contributed by atoms with E-state index >= 15 is 0 Å². The van der Waals surface area contributed by atoms with Crippen LogP contribution in [0.3, 0.4) is 0 Å². The van der Waals surface area contributed by atoms with Gasteiger partial charge in [-0.2, -0.15) is 0 Å².